The molecule has 0 aromatic heterocycles. The van der Waals surface area contributed by atoms with Crippen LogP contribution in [-0.2, 0) is 14.3 Å². The summed E-state index contributed by atoms with van der Waals surface area (Å²) in [7, 11) is 0. The first-order chi connectivity index (χ1) is 16.1. The molecule has 3 nitrogen and oxygen atoms in total. The van der Waals surface area contributed by atoms with Crippen LogP contribution in [0.4, 0.5) is 0 Å². The average molecular weight is 485 g/mol. The van der Waals surface area contributed by atoms with Crippen molar-refractivity contribution >= 4 is 5.97 Å². The van der Waals surface area contributed by atoms with Gasteiger partial charge in [-0.05, 0) is 109 Å². The van der Waals surface area contributed by atoms with E-state index in [1.165, 1.54) is 57.8 Å². The fourth-order valence-corrected chi connectivity index (χ4v) is 12.3. The van der Waals surface area contributed by atoms with E-state index in [1.54, 1.807) is 6.92 Å². The Morgan fingerprint density at radius 2 is 1.34 bits per heavy atom. The summed E-state index contributed by atoms with van der Waals surface area (Å²) in [5, 5.41) is 0. The van der Waals surface area contributed by atoms with Gasteiger partial charge in [-0.25, -0.2) is 0 Å². The van der Waals surface area contributed by atoms with Crippen molar-refractivity contribution in [2.24, 2.45) is 50.2 Å². The first-order valence-electron chi connectivity index (χ1n) is 14.9. The lowest BCUT2D eigenvalue weighted by Gasteiger charge is -2.73. The van der Waals surface area contributed by atoms with Crippen LogP contribution in [0.2, 0.25) is 0 Å². The highest BCUT2D eigenvalue weighted by molar-refractivity contribution is 5.66. The third kappa shape index (κ3) is 2.76. The smallest absolute Gasteiger partial charge is 0.302 e. The largest absolute Gasteiger partial charge is 0.462 e. The van der Waals surface area contributed by atoms with E-state index in [1.807, 2.05) is 0 Å². The van der Waals surface area contributed by atoms with Gasteiger partial charge in [0.15, 0.2) is 0 Å². The lowest BCUT2D eigenvalue weighted by atomic mass is 9.31. The zero-order chi connectivity index (χ0) is 25.4. The lowest BCUT2D eigenvalue weighted by molar-refractivity contribution is -0.253. The summed E-state index contributed by atoms with van der Waals surface area (Å²) < 4.78 is 12.9. The summed E-state index contributed by atoms with van der Waals surface area (Å²) in [6.45, 7) is 22.0. The van der Waals surface area contributed by atoms with E-state index in [0.717, 1.165) is 12.3 Å². The second-order valence-electron chi connectivity index (χ2n) is 16.4. The Kier molecular flexibility index (Phi) is 4.87. The van der Waals surface area contributed by atoms with Crippen molar-refractivity contribution in [3.8, 4) is 0 Å². The molecule has 0 aromatic rings. The molecule has 1 aliphatic heterocycles. The van der Waals surface area contributed by atoms with Crippen LogP contribution >= 0.6 is 0 Å². The normalized spacial score (nSPS) is 57.5. The molecule has 35 heavy (non-hydrogen) atoms. The maximum atomic E-state index is 11.9. The topological polar surface area (TPSA) is 38.8 Å². The van der Waals surface area contributed by atoms with E-state index >= 15 is 0 Å². The second kappa shape index (κ2) is 6.89. The molecule has 0 N–H and O–H groups in total. The van der Waals surface area contributed by atoms with E-state index < -0.39 is 0 Å². The van der Waals surface area contributed by atoms with Crippen LogP contribution in [-0.4, -0.2) is 23.8 Å². The molecule has 1 heterocycles. The van der Waals surface area contributed by atoms with Gasteiger partial charge >= 0.3 is 5.97 Å². The van der Waals surface area contributed by atoms with Gasteiger partial charge in [0.05, 0.1) is 6.10 Å². The first-order valence-corrected chi connectivity index (χ1v) is 14.9. The molecule has 6 fully saturated rings. The zero-order valence-electron chi connectivity index (χ0n) is 24.2. The van der Waals surface area contributed by atoms with Gasteiger partial charge in [0.25, 0.3) is 0 Å². The van der Waals surface area contributed by atoms with Gasteiger partial charge in [0, 0.05) is 12.3 Å². The Bertz CT molecular complexity index is 937. The van der Waals surface area contributed by atoms with Crippen molar-refractivity contribution in [3.05, 3.63) is 0 Å². The summed E-state index contributed by atoms with van der Waals surface area (Å²) in [6, 6.07) is 0. The zero-order valence-corrected chi connectivity index (χ0v) is 24.2. The van der Waals surface area contributed by atoms with Crippen molar-refractivity contribution in [3.63, 3.8) is 0 Å². The van der Waals surface area contributed by atoms with E-state index in [2.05, 4.69) is 55.4 Å². The molecule has 0 aromatic carbocycles. The summed E-state index contributed by atoms with van der Waals surface area (Å²) in [6.07, 6.45) is 13.4. The molecule has 3 heteroatoms. The number of rotatable bonds is 1. The molecule has 10 atom stereocenters. The molecule has 6 rings (SSSR count). The fraction of sp³-hybridized carbons (Fsp3) is 0.969. The fourth-order valence-electron chi connectivity index (χ4n) is 12.3. The van der Waals surface area contributed by atoms with Crippen LogP contribution in [0, 0.1) is 50.2 Å². The monoisotopic (exact) mass is 484 g/mol. The van der Waals surface area contributed by atoms with Crippen molar-refractivity contribution in [1.29, 1.82) is 0 Å². The molecule has 5 aliphatic carbocycles. The summed E-state index contributed by atoms with van der Waals surface area (Å²) in [5.41, 5.74) is 1.89. The van der Waals surface area contributed by atoms with Gasteiger partial charge in [-0.3, -0.25) is 4.79 Å². The van der Waals surface area contributed by atoms with Crippen molar-refractivity contribution in [2.45, 2.75) is 144 Å². The molecule has 5 saturated carbocycles. The van der Waals surface area contributed by atoms with Gasteiger partial charge in [-0.15, -0.1) is 0 Å². The first kappa shape index (κ1) is 24.7. The van der Waals surface area contributed by atoms with E-state index in [-0.39, 0.29) is 23.1 Å². The lowest BCUT2D eigenvalue weighted by Crippen LogP contribution is -2.69. The number of hydrogen-bond donors (Lipinski definition) is 0. The highest BCUT2D eigenvalue weighted by Gasteiger charge is 2.82. The predicted molar refractivity (Wildman–Crippen MR) is 140 cm³/mol. The number of epoxide rings is 1. The van der Waals surface area contributed by atoms with Crippen LogP contribution in [0.15, 0.2) is 0 Å². The minimum absolute atomic E-state index is 0.0413. The Morgan fingerprint density at radius 3 is 2.03 bits per heavy atom. The number of ether oxygens (including phenoxy) is 2. The Balaban J connectivity index is 1.36. The molecule has 198 valence electrons. The number of esters is 1. The van der Waals surface area contributed by atoms with Gasteiger partial charge in [0.1, 0.15) is 11.7 Å². The highest BCUT2D eigenvalue weighted by Crippen LogP contribution is 2.81. The maximum absolute atomic E-state index is 11.9. The number of carbonyl (C=O) groups excluding carboxylic acids is 1. The van der Waals surface area contributed by atoms with Gasteiger partial charge in [0.2, 0.25) is 0 Å². The second-order valence-corrected chi connectivity index (χ2v) is 16.4. The molecule has 0 unspecified atom stereocenters. The standard InChI is InChI=1S/C32H52O3/c1-20(33)34-24-13-14-29(7)21(27(24,4)5)12-15-30(8)22(29)10-11-23-31(30,9)19-18-28(6)17-16-26(2,3)25-32(23,28)35-25/h21-25H,10-19H2,1-9H3/t21-,22+,23-,24-,25-,28+,29-,30+,31+,32-/m0/s1. The van der Waals surface area contributed by atoms with Gasteiger partial charge < -0.3 is 9.47 Å². The molecule has 1 spiro atoms. The Morgan fingerprint density at radius 1 is 0.714 bits per heavy atom. The van der Waals surface area contributed by atoms with Crippen LogP contribution in [0.3, 0.4) is 0 Å². The summed E-state index contributed by atoms with van der Waals surface area (Å²) in [5.74, 6) is 1.96. The molecular weight excluding hydrogens is 432 g/mol. The van der Waals surface area contributed by atoms with Crippen molar-refractivity contribution in [2.75, 3.05) is 0 Å². The third-order valence-corrected chi connectivity index (χ3v) is 14.4. The Labute approximate surface area is 214 Å². The quantitative estimate of drug-likeness (QED) is 0.280. The van der Waals surface area contributed by atoms with Crippen LogP contribution < -0.4 is 0 Å². The van der Waals surface area contributed by atoms with Crippen molar-refractivity contribution < 1.29 is 14.3 Å². The van der Waals surface area contributed by atoms with Crippen LogP contribution in [0.5, 0.6) is 0 Å². The summed E-state index contributed by atoms with van der Waals surface area (Å²) >= 11 is 0. The van der Waals surface area contributed by atoms with Crippen LogP contribution in [0.25, 0.3) is 0 Å². The van der Waals surface area contributed by atoms with Gasteiger partial charge in [-0.2, -0.15) is 0 Å². The van der Waals surface area contributed by atoms with E-state index in [0.29, 0.717) is 45.0 Å². The summed E-state index contributed by atoms with van der Waals surface area (Å²) in [4.78, 5) is 11.9. The molecule has 6 aliphatic rings. The van der Waals surface area contributed by atoms with E-state index in [4.69, 9.17) is 9.47 Å². The average Bonchev–Trinajstić information content (AvgIpc) is 3.51. The van der Waals surface area contributed by atoms with Gasteiger partial charge in [-0.1, -0.05) is 55.4 Å². The minimum atomic E-state index is -0.112. The molecule has 0 amide bonds. The van der Waals surface area contributed by atoms with Crippen LogP contribution in [0.1, 0.15) is 127 Å². The predicted octanol–water partition coefficient (Wildman–Crippen LogP) is 7.95. The third-order valence-electron chi connectivity index (χ3n) is 14.4. The molecular formula is C32H52O3. The molecule has 1 saturated heterocycles. The molecule has 0 bridgehead atoms. The SMILES string of the molecule is CC(=O)O[C@H]1CC[C@]2(C)[C@H]3CC[C@@H]4[C@]56O[C@H]5C(C)(C)CC[C@]6(C)CC[C@@]4(C)[C@]3(C)CC[C@H]2C1(C)C. The van der Waals surface area contributed by atoms with Crippen molar-refractivity contribution in [1.82, 2.24) is 0 Å². The number of fused-ring (bicyclic) bond motifs is 5. The molecule has 0 radical (unpaired) electrons. The number of hydrogen-bond acceptors (Lipinski definition) is 3. The Hall–Kier alpha value is -0.570. The number of carbonyl (C=O) groups is 1. The van der Waals surface area contributed by atoms with E-state index in [9.17, 15) is 4.79 Å². The highest BCUT2D eigenvalue weighted by atomic mass is 16.6. The minimum Gasteiger partial charge on any atom is -0.462 e. The maximum Gasteiger partial charge on any atom is 0.302 e.